The summed E-state index contributed by atoms with van der Waals surface area (Å²) in [7, 11) is 0. The van der Waals surface area contributed by atoms with Crippen LogP contribution in [0.1, 0.15) is 18.4 Å². The maximum Gasteiger partial charge on any atom is 0.129 e. The maximum absolute atomic E-state index is 13.7. The summed E-state index contributed by atoms with van der Waals surface area (Å²) in [5.74, 6) is 0.709. The molecule has 1 aliphatic carbocycles. The van der Waals surface area contributed by atoms with Gasteiger partial charge in [-0.25, -0.2) is 4.39 Å². The number of aliphatic hydroxyl groups excluding tert-OH is 1. The summed E-state index contributed by atoms with van der Waals surface area (Å²) in [5.41, 5.74) is 0.577. The number of fused-ring (bicyclic) bond motifs is 1. The molecule has 1 aliphatic heterocycles. The Morgan fingerprint density at radius 2 is 2.17 bits per heavy atom. The number of aliphatic hydroxyl groups is 1. The van der Waals surface area contributed by atoms with Crippen molar-refractivity contribution in [3.63, 3.8) is 0 Å². The zero-order valence-electron chi connectivity index (χ0n) is 10.1. The molecule has 0 amide bonds. The van der Waals surface area contributed by atoms with Gasteiger partial charge in [-0.15, -0.1) is 0 Å². The molecule has 3 rings (SSSR count). The van der Waals surface area contributed by atoms with Crippen molar-refractivity contribution in [1.82, 2.24) is 4.90 Å². The zero-order chi connectivity index (χ0) is 12.7. The lowest BCUT2D eigenvalue weighted by Crippen LogP contribution is -2.25. The van der Waals surface area contributed by atoms with E-state index in [0.29, 0.717) is 29.0 Å². The Morgan fingerprint density at radius 3 is 2.89 bits per heavy atom. The number of benzene rings is 1. The van der Waals surface area contributed by atoms with Gasteiger partial charge in [-0.3, -0.25) is 4.90 Å². The highest BCUT2D eigenvalue weighted by Crippen LogP contribution is 2.39. The van der Waals surface area contributed by atoms with E-state index in [9.17, 15) is 9.50 Å². The van der Waals surface area contributed by atoms with Crippen molar-refractivity contribution >= 4 is 11.6 Å². The Kier molecular flexibility index (Phi) is 3.31. The van der Waals surface area contributed by atoms with Crippen LogP contribution < -0.4 is 0 Å². The lowest BCUT2D eigenvalue weighted by Gasteiger charge is -2.19. The highest BCUT2D eigenvalue weighted by atomic mass is 35.5. The van der Waals surface area contributed by atoms with Gasteiger partial charge in [0.25, 0.3) is 0 Å². The second-order valence-corrected chi connectivity index (χ2v) is 5.87. The Morgan fingerprint density at radius 1 is 1.33 bits per heavy atom. The average Bonchev–Trinajstić information content (AvgIpc) is 2.87. The van der Waals surface area contributed by atoms with Crippen LogP contribution in [-0.2, 0) is 6.54 Å². The second-order valence-electron chi connectivity index (χ2n) is 5.46. The second kappa shape index (κ2) is 4.80. The third-order valence-electron chi connectivity index (χ3n) is 4.34. The number of nitrogens with zero attached hydrogens (tertiary/aromatic N) is 1. The number of rotatable bonds is 2. The molecular formula is C14H17ClFNO. The summed E-state index contributed by atoms with van der Waals surface area (Å²) in [6, 6.07) is 4.81. The number of hydrogen-bond donors (Lipinski definition) is 1. The van der Waals surface area contributed by atoms with Crippen molar-refractivity contribution in [3.05, 3.63) is 34.6 Å². The van der Waals surface area contributed by atoms with Crippen LogP contribution in [0.25, 0.3) is 0 Å². The zero-order valence-corrected chi connectivity index (χ0v) is 10.9. The number of halogens is 2. The minimum atomic E-state index is -0.236. The van der Waals surface area contributed by atoms with E-state index in [1.807, 2.05) is 0 Å². The van der Waals surface area contributed by atoms with Gasteiger partial charge in [-0.2, -0.15) is 0 Å². The van der Waals surface area contributed by atoms with E-state index in [2.05, 4.69) is 4.90 Å². The minimum absolute atomic E-state index is 0.170. The molecule has 3 unspecified atom stereocenters. The number of likely N-dealkylation sites (tertiary alicyclic amines) is 1. The molecule has 1 N–H and O–H groups in total. The van der Waals surface area contributed by atoms with E-state index in [1.54, 1.807) is 12.1 Å². The minimum Gasteiger partial charge on any atom is -0.393 e. The third kappa shape index (κ3) is 2.15. The van der Waals surface area contributed by atoms with Gasteiger partial charge in [-0.05, 0) is 30.9 Å². The van der Waals surface area contributed by atoms with Gasteiger partial charge in [0.15, 0.2) is 0 Å². The smallest absolute Gasteiger partial charge is 0.129 e. The highest BCUT2D eigenvalue weighted by molar-refractivity contribution is 6.31. The molecule has 1 saturated heterocycles. The van der Waals surface area contributed by atoms with Crippen molar-refractivity contribution in [3.8, 4) is 0 Å². The van der Waals surface area contributed by atoms with Gasteiger partial charge in [0.1, 0.15) is 5.82 Å². The first-order valence-electron chi connectivity index (χ1n) is 6.48. The van der Waals surface area contributed by atoms with Gasteiger partial charge in [0.05, 0.1) is 6.10 Å². The van der Waals surface area contributed by atoms with Crippen molar-refractivity contribution in [2.45, 2.75) is 25.5 Å². The molecule has 1 heterocycles. The van der Waals surface area contributed by atoms with E-state index in [1.165, 1.54) is 6.07 Å². The molecule has 2 fully saturated rings. The first kappa shape index (κ1) is 12.4. The molecule has 4 heteroatoms. The Hall–Kier alpha value is -0.640. The fourth-order valence-electron chi connectivity index (χ4n) is 3.37. The van der Waals surface area contributed by atoms with Gasteiger partial charge in [0, 0.05) is 36.1 Å². The highest BCUT2D eigenvalue weighted by Gasteiger charge is 2.41. The molecular weight excluding hydrogens is 253 g/mol. The first-order chi connectivity index (χ1) is 8.65. The fourth-order valence-corrected chi connectivity index (χ4v) is 3.59. The molecule has 3 atom stereocenters. The van der Waals surface area contributed by atoms with Crippen molar-refractivity contribution < 1.29 is 9.50 Å². The van der Waals surface area contributed by atoms with Gasteiger partial charge >= 0.3 is 0 Å². The van der Waals surface area contributed by atoms with Crippen LogP contribution in [-0.4, -0.2) is 29.2 Å². The van der Waals surface area contributed by atoms with E-state index in [0.717, 1.165) is 25.9 Å². The van der Waals surface area contributed by atoms with E-state index in [4.69, 9.17) is 11.6 Å². The van der Waals surface area contributed by atoms with Gasteiger partial charge in [0.2, 0.25) is 0 Å². The largest absolute Gasteiger partial charge is 0.393 e. The Balaban J connectivity index is 1.72. The van der Waals surface area contributed by atoms with Crippen LogP contribution in [0.3, 0.4) is 0 Å². The maximum atomic E-state index is 13.7. The molecule has 0 radical (unpaired) electrons. The third-order valence-corrected chi connectivity index (χ3v) is 4.69. The predicted molar refractivity (Wildman–Crippen MR) is 68.9 cm³/mol. The van der Waals surface area contributed by atoms with Crippen LogP contribution in [0, 0.1) is 17.7 Å². The van der Waals surface area contributed by atoms with Crippen LogP contribution in [0.4, 0.5) is 4.39 Å². The molecule has 98 valence electrons. The molecule has 1 saturated carbocycles. The summed E-state index contributed by atoms with van der Waals surface area (Å²) < 4.78 is 13.7. The fraction of sp³-hybridized carbons (Fsp3) is 0.571. The van der Waals surface area contributed by atoms with Crippen LogP contribution >= 0.6 is 11.6 Å². The molecule has 1 aromatic rings. The van der Waals surface area contributed by atoms with Gasteiger partial charge < -0.3 is 5.11 Å². The van der Waals surface area contributed by atoms with E-state index < -0.39 is 0 Å². The Labute approximate surface area is 111 Å². The average molecular weight is 270 g/mol. The molecule has 0 spiro atoms. The molecule has 18 heavy (non-hydrogen) atoms. The molecule has 0 aromatic heterocycles. The topological polar surface area (TPSA) is 23.5 Å². The number of hydrogen-bond acceptors (Lipinski definition) is 2. The predicted octanol–water partition coefficient (Wildman–Crippen LogP) is 2.68. The van der Waals surface area contributed by atoms with Crippen LogP contribution in [0.5, 0.6) is 0 Å². The summed E-state index contributed by atoms with van der Waals surface area (Å²) in [4.78, 5) is 2.21. The standard InChI is InChI=1S/C14H17ClFNO/c15-12-2-1-3-13(16)11(12)8-17-6-9-4-5-14(18)10(9)7-17/h1-3,9-10,14,18H,4-8H2. The summed E-state index contributed by atoms with van der Waals surface area (Å²) in [5, 5.41) is 10.4. The summed E-state index contributed by atoms with van der Waals surface area (Å²) in [6.07, 6.45) is 1.84. The van der Waals surface area contributed by atoms with Crippen LogP contribution in [0.2, 0.25) is 5.02 Å². The molecule has 1 aromatic carbocycles. The molecule has 2 nitrogen and oxygen atoms in total. The van der Waals surface area contributed by atoms with Gasteiger partial charge in [-0.1, -0.05) is 17.7 Å². The Bertz CT molecular complexity index is 433. The van der Waals surface area contributed by atoms with Crippen molar-refractivity contribution in [2.75, 3.05) is 13.1 Å². The van der Waals surface area contributed by atoms with E-state index >= 15 is 0 Å². The monoisotopic (exact) mass is 269 g/mol. The lowest BCUT2D eigenvalue weighted by molar-refractivity contribution is 0.123. The van der Waals surface area contributed by atoms with E-state index in [-0.39, 0.29) is 11.9 Å². The van der Waals surface area contributed by atoms with Crippen molar-refractivity contribution in [2.24, 2.45) is 11.8 Å². The summed E-state index contributed by atoms with van der Waals surface area (Å²) in [6.45, 7) is 2.36. The molecule has 2 aliphatic rings. The first-order valence-corrected chi connectivity index (χ1v) is 6.86. The lowest BCUT2D eigenvalue weighted by atomic mass is 10.00. The van der Waals surface area contributed by atoms with Crippen LogP contribution in [0.15, 0.2) is 18.2 Å². The SMILES string of the molecule is OC1CCC2CN(Cc3c(F)cccc3Cl)CC12. The molecule has 0 bridgehead atoms. The summed E-state index contributed by atoms with van der Waals surface area (Å²) >= 11 is 6.04. The normalized spacial score (nSPS) is 31.8. The quantitative estimate of drug-likeness (QED) is 0.892. The van der Waals surface area contributed by atoms with Crippen molar-refractivity contribution in [1.29, 1.82) is 0 Å².